The Bertz CT molecular complexity index is 403. The second-order valence-corrected chi connectivity index (χ2v) is 4.01. The third-order valence-electron chi connectivity index (χ3n) is 2.20. The van der Waals surface area contributed by atoms with E-state index in [1.807, 2.05) is 30.3 Å². The molecule has 0 spiro atoms. The molecule has 1 atom stereocenters. The number of benzene rings is 1. The maximum atomic E-state index is 11.6. The van der Waals surface area contributed by atoms with Crippen molar-refractivity contribution in [3.63, 3.8) is 0 Å². The van der Waals surface area contributed by atoms with Gasteiger partial charge in [0.15, 0.2) is 6.10 Å². The fourth-order valence-electron chi connectivity index (χ4n) is 1.15. The van der Waals surface area contributed by atoms with E-state index < -0.39 is 18.2 Å². The SMILES string of the molecule is C[C@H](OC(=O)N(C)C)C(=O)OCc1ccccc1. The Morgan fingerprint density at radius 1 is 1.22 bits per heavy atom. The Morgan fingerprint density at radius 2 is 1.83 bits per heavy atom. The van der Waals surface area contributed by atoms with Crippen LogP contribution in [0.1, 0.15) is 12.5 Å². The Labute approximate surface area is 106 Å². The van der Waals surface area contributed by atoms with Crippen LogP contribution in [0, 0.1) is 0 Å². The van der Waals surface area contributed by atoms with Gasteiger partial charge in [0.1, 0.15) is 6.61 Å². The molecule has 1 aromatic rings. The van der Waals surface area contributed by atoms with Crippen LogP contribution >= 0.6 is 0 Å². The van der Waals surface area contributed by atoms with Gasteiger partial charge in [-0.25, -0.2) is 9.59 Å². The first-order chi connectivity index (χ1) is 8.50. The molecule has 0 radical (unpaired) electrons. The van der Waals surface area contributed by atoms with Crippen LogP contribution in [0.25, 0.3) is 0 Å². The molecule has 0 fully saturated rings. The number of hydrogen-bond acceptors (Lipinski definition) is 4. The molecule has 0 aliphatic carbocycles. The van der Waals surface area contributed by atoms with Crippen LogP contribution in [0.5, 0.6) is 0 Å². The highest BCUT2D eigenvalue weighted by atomic mass is 16.6. The largest absolute Gasteiger partial charge is 0.458 e. The fraction of sp³-hybridized carbons (Fsp3) is 0.385. The van der Waals surface area contributed by atoms with Crippen molar-refractivity contribution in [3.05, 3.63) is 35.9 Å². The van der Waals surface area contributed by atoms with Gasteiger partial charge in [-0.2, -0.15) is 0 Å². The summed E-state index contributed by atoms with van der Waals surface area (Å²) in [7, 11) is 3.09. The molecule has 5 nitrogen and oxygen atoms in total. The summed E-state index contributed by atoms with van der Waals surface area (Å²) >= 11 is 0. The molecule has 0 saturated carbocycles. The summed E-state index contributed by atoms with van der Waals surface area (Å²) in [5.41, 5.74) is 0.886. The maximum absolute atomic E-state index is 11.6. The van der Waals surface area contributed by atoms with Gasteiger partial charge in [-0.3, -0.25) is 0 Å². The molecule has 0 saturated heterocycles. The molecule has 0 aliphatic rings. The molecule has 1 aromatic carbocycles. The van der Waals surface area contributed by atoms with Crippen LogP contribution < -0.4 is 0 Å². The van der Waals surface area contributed by atoms with Gasteiger partial charge < -0.3 is 14.4 Å². The highest BCUT2D eigenvalue weighted by molar-refractivity contribution is 5.78. The van der Waals surface area contributed by atoms with Crippen LogP contribution in [0.2, 0.25) is 0 Å². The maximum Gasteiger partial charge on any atom is 0.410 e. The molecule has 0 heterocycles. The Balaban J connectivity index is 2.39. The number of hydrogen-bond donors (Lipinski definition) is 0. The summed E-state index contributed by atoms with van der Waals surface area (Å²) in [5, 5.41) is 0. The molecule has 0 unspecified atom stereocenters. The third kappa shape index (κ3) is 4.45. The summed E-state index contributed by atoms with van der Waals surface area (Å²) in [6.07, 6.45) is -1.48. The van der Waals surface area contributed by atoms with Crippen LogP contribution in [0.3, 0.4) is 0 Å². The zero-order chi connectivity index (χ0) is 13.5. The smallest absolute Gasteiger partial charge is 0.410 e. The predicted molar refractivity (Wildman–Crippen MR) is 65.9 cm³/mol. The number of carbonyl (C=O) groups is 2. The van der Waals surface area contributed by atoms with Gasteiger partial charge in [0, 0.05) is 14.1 Å². The normalized spacial score (nSPS) is 11.5. The zero-order valence-corrected chi connectivity index (χ0v) is 10.8. The summed E-state index contributed by atoms with van der Waals surface area (Å²) in [6.45, 7) is 1.65. The van der Waals surface area contributed by atoms with E-state index in [9.17, 15) is 9.59 Å². The summed E-state index contributed by atoms with van der Waals surface area (Å²) in [5.74, 6) is -0.561. The highest BCUT2D eigenvalue weighted by Crippen LogP contribution is 2.04. The Hall–Kier alpha value is -2.04. The number of carbonyl (C=O) groups excluding carboxylic acids is 2. The van der Waals surface area contributed by atoms with E-state index in [4.69, 9.17) is 9.47 Å². The van der Waals surface area contributed by atoms with E-state index in [-0.39, 0.29) is 6.61 Å². The van der Waals surface area contributed by atoms with Gasteiger partial charge in [-0.05, 0) is 12.5 Å². The molecule has 98 valence electrons. The average molecular weight is 251 g/mol. The molecule has 1 rings (SSSR count). The molecule has 0 N–H and O–H groups in total. The monoisotopic (exact) mass is 251 g/mol. The fourth-order valence-corrected chi connectivity index (χ4v) is 1.15. The first kappa shape index (κ1) is 14.0. The second kappa shape index (κ2) is 6.64. The third-order valence-corrected chi connectivity index (χ3v) is 2.20. The highest BCUT2D eigenvalue weighted by Gasteiger charge is 2.20. The lowest BCUT2D eigenvalue weighted by molar-refractivity contribution is -0.154. The number of rotatable bonds is 4. The van der Waals surface area contributed by atoms with E-state index in [0.29, 0.717) is 0 Å². The lowest BCUT2D eigenvalue weighted by Crippen LogP contribution is -2.31. The standard InChI is InChI=1S/C13H17NO4/c1-10(18-13(16)14(2)3)12(15)17-9-11-7-5-4-6-8-11/h4-8,10H,9H2,1-3H3/t10-/m0/s1. The van der Waals surface area contributed by atoms with Crippen LogP contribution in [-0.2, 0) is 20.9 Å². The van der Waals surface area contributed by atoms with Gasteiger partial charge in [0.05, 0.1) is 0 Å². The summed E-state index contributed by atoms with van der Waals surface area (Å²) in [4.78, 5) is 24.0. The molecule has 0 bridgehead atoms. The van der Waals surface area contributed by atoms with Crippen molar-refractivity contribution < 1.29 is 19.1 Å². The van der Waals surface area contributed by atoms with Crippen molar-refractivity contribution in [2.75, 3.05) is 14.1 Å². The lowest BCUT2D eigenvalue weighted by Gasteiger charge is -2.16. The van der Waals surface area contributed by atoms with E-state index in [2.05, 4.69) is 0 Å². The minimum absolute atomic E-state index is 0.170. The number of esters is 1. The molecule has 18 heavy (non-hydrogen) atoms. The van der Waals surface area contributed by atoms with E-state index in [0.717, 1.165) is 5.56 Å². The van der Waals surface area contributed by atoms with Crippen molar-refractivity contribution in [1.82, 2.24) is 4.90 Å². The molecule has 0 aliphatic heterocycles. The van der Waals surface area contributed by atoms with Crippen LogP contribution in [0.15, 0.2) is 30.3 Å². The van der Waals surface area contributed by atoms with Gasteiger partial charge in [-0.1, -0.05) is 30.3 Å². The van der Waals surface area contributed by atoms with E-state index >= 15 is 0 Å². The number of ether oxygens (including phenoxy) is 2. The number of amides is 1. The zero-order valence-electron chi connectivity index (χ0n) is 10.8. The lowest BCUT2D eigenvalue weighted by atomic mass is 10.2. The molecule has 1 amide bonds. The van der Waals surface area contributed by atoms with Crippen molar-refractivity contribution in [1.29, 1.82) is 0 Å². The van der Waals surface area contributed by atoms with Crippen molar-refractivity contribution >= 4 is 12.1 Å². The molecular weight excluding hydrogens is 234 g/mol. The van der Waals surface area contributed by atoms with Gasteiger partial charge in [0.2, 0.25) is 0 Å². The van der Waals surface area contributed by atoms with Crippen molar-refractivity contribution in [2.24, 2.45) is 0 Å². The Kier molecular flexibility index (Phi) is 5.17. The number of nitrogens with zero attached hydrogens (tertiary/aromatic N) is 1. The van der Waals surface area contributed by atoms with E-state index in [1.54, 1.807) is 14.1 Å². The van der Waals surface area contributed by atoms with Crippen molar-refractivity contribution in [3.8, 4) is 0 Å². The van der Waals surface area contributed by atoms with Gasteiger partial charge >= 0.3 is 12.1 Å². The first-order valence-corrected chi connectivity index (χ1v) is 5.59. The molecule has 5 heteroatoms. The van der Waals surface area contributed by atoms with Gasteiger partial charge in [0.25, 0.3) is 0 Å². The topological polar surface area (TPSA) is 55.8 Å². The minimum atomic E-state index is -0.913. The van der Waals surface area contributed by atoms with Crippen LogP contribution in [0.4, 0.5) is 4.79 Å². The quantitative estimate of drug-likeness (QED) is 0.766. The average Bonchev–Trinajstić information content (AvgIpc) is 2.36. The minimum Gasteiger partial charge on any atom is -0.458 e. The molecular formula is C13H17NO4. The first-order valence-electron chi connectivity index (χ1n) is 5.59. The predicted octanol–water partition coefficient (Wildman–Crippen LogP) is 1.82. The summed E-state index contributed by atoms with van der Waals surface area (Å²) < 4.78 is 9.91. The molecule has 0 aromatic heterocycles. The van der Waals surface area contributed by atoms with Gasteiger partial charge in [-0.15, -0.1) is 0 Å². The summed E-state index contributed by atoms with van der Waals surface area (Å²) in [6, 6.07) is 9.30. The second-order valence-electron chi connectivity index (χ2n) is 4.01. The van der Waals surface area contributed by atoms with E-state index in [1.165, 1.54) is 11.8 Å². The van der Waals surface area contributed by atoms with Crippen molar-refractivity contribution in [2.45, 2.75) is 19.6 Å². The van der Waals surface area contributed by atoms with Crippen LogP contribution in [-0.4, -0.2) is 37.2 Å². The Morgan fingerprint density at radius 3 is 2.39 bits per heavy atom.